The molecule has 1 amide bonds. The third-order valence-electron chi connectivity index (χ3n) is 5.90. The molecule has 1 aliphatic heterocycles. The van der Waals surface area contributed by atoms with Crippen molar-refractivity contribution in [3.05, 3.63) is 35.7 Å². The van der Waals surface area contributed by atoms with Crippen molar-refractivity contribution in [2.45, 2.75) is 51.9 Å². The highest BCUT2D eigenvalue weighted by Crippen LogP contribution is 2.35. The lowest BCUT2D eigenvalue weighted by Gasteiger charge is -2.44. The Labute approximate surface area is 154 Å². The van der Waals surface area contributed by atoms with E-state index in [2.05, 4.69) is 10.2 Å². The molecule has 5 heteroatoms. The topological polar surface area (TPSA) is 59.2 Å². The van der Waals surface area contributed by atoms with E-state index in [9.17, 15) is 4.79 Å². The highest BCUT2D eigenvalue weighted by Gasteiger charge is 2.36. The Hall–Kier alpha value is -2.17. The van der Waals surface area contributed by atoms with Crippen molar-refractivity contribution in [3.63, 3.8) is 0 Å². The van der Waals surface area contributed by atoms with Crippen LogP contribution < -0.4 is 0 Å². The van der Waals surface area contributed by atoms with Crippen molar-refractivity contribution < 1.29 is 9.21 Å². The number of carbonyl (C=O) groups is 1. The van der Waals surface area contributed by atoms with Gasteiger partial charge in [-0.2, -0.15) is 0 Å². The molecule has 4 rings (SSSR count). The van der Waals surface area contributed by atoms with Gasteiger partial charge in [-0.25, -0.2) is 0 Å². The first kappa shape index (κ1) is 17.3. The molecule has 1 aromatic heterocycles. The fourth-order valence-corrected chi connectivity index (χ4v) is 4.16. The fraction of sp³-hybridized carbons (Fsp3) is 0.571. The van der Waals surface area contributed by atoms with Crippen LogP contribution in [0.15, 0.2) is 28.7 Å². The molecule has 138 valence electrons. The van der Waals surface area contributed by atoms with Gasteiger partial charge < -0.3 is 9.32 Å². The lowest BCUT2D eigenvalue weighted by molar-refractivity contribution is -0.139. The summed E-state index contributed by atoms with van der Waals surface area (Å²) in [4.78, 5) is 14.4. The number of nitrogens with zero attached hydrogens (tertiary/aromatic N) is 3. The first-order valence-corrected chi connectivity index (χ1v) is 9.86. The molecule has 2 aliphatic rings. The Kier molecular flexibility index (Phi) is 5.05. The van der Waals surface area contributed by atoms with Gasteiger partial charge in [0.15, 0.2) is 0 Å². The predicted molar refractivity (Wildman–Crippen MR) is 99.4 cm³/mol. The molecular formula is C21H27N3O2. The number of likely N-dealkylation sites (tertiary alicyclic amines) is 1. The zero-order valence-corrected chi connectivity index (χ0v) is 15.5. The third-order valence-corrected chi connectivity index (χ3v) is 5.90. The Morgan fingerprint density at radius 1 is 1.08 bits per heavy atom. The summed E-state index contributed by atoms with van der Waals surface area (Å²) in [6.45, 7) is 3.94. The molecular weight excluding hydrogens is 326 g/mol. The summed E-state index contributed by atoms with van der Waals surface area (Å²) in [5, 5.41) is 8.20. The number of amides is 1. The molecule has 0 atom stereocenters. The van der Waals surface area contributed by atoms with Crippen molar-refractivity contribution in [1.82, 2.24) is 15.1 Å². The summed E-state index contributed by atoms with van der Waals surface area (Å²) in [6.07, 6.45) is 7.81. The van der Waals surface area contributed by atoms with Gasteiger partial charge in [-0.05, 0) is 30.9 Å². The van der Waals surface area contributed by atoms with E-state index in [1.807, 2.05) is 36.1 Å². The minimum absolute atomic E-state index is 0.215. The van der Waals surface area contributed by atoms with E-state index in [1.165, 1.54) is 37.7 Å². The minimum atomic E-state index is 0.215. The summed E-state index contributed by atoms with van der Waals surface area (Å²) in [7, 11) is 0. The first-order valence-electron chi connectivity index (χ1n) is 9.86. The molecule has 2 aromatic rings. The quantitative estimate of drug-likeness (QED) is 0.815. The second-order valence-electron chi connectivity index (χ2n) is 7.82. The van der Waals surface area contributed by atoms with Crippen molar-refractivity contribution >= 4 is 5.91 Å². The SMILES string of the molecule is Cc1ccc(-c2nnc(CCC(=O)N3CC(C4CCCCC4)C3)o2)cc1. The first-order chi connectivity index (χ1) is 12.7. The van der Waals surface area contributed by atoms with Crippen molar-refractivity contribution in [1.29, 1.82) is 0 Å². The Balaban J connectivity index is 1.24. The van der Waals surface area contributed by atoms with Gasteiger partial charge in [0, 0.05) is 31.5 Å². The van der Waals surface area contributed by atoms with E-state index in [4.69, 9.17) is 4.42 Å². The number of aromatic nitrogens is 2. The molecule has 0 unspecified atom stereocenters. The molecule has 1 saturated carbocycles. The van der Waals surface area contributed by atoms with E-state index >= 15 is 0 Å². The highest BCUT2D eigenvalue weighted by molar-refractivity contribution is 5.77. The van der Waals surface area contributed by atoms with E-state index < -0.39 is 0 Å². The maximum Gasteiger partial charge on any atom is 0.247 e. The molecule has 0 radical (unpaired) electrons. The van der Waals surface area contributed by atoms with Crippen LogP contribution in [-0.4, -0.2) is 34.1 Å². The maximum atomic E-state index is 12.4. The standard InChI is InChI=1S/C21H27N3O2/c1-15-7-9-17(10-8-15)21-23-22-19(26-21)11-12-20(25)24-13-18(14-24)16-5-3-2-4-6-16/h7-10,16,18H,2-6,11-14H2,1H3. The van der Waals surface area contributed by atoms with Crippen LogP contribution in [0.1, 0.15) is 50.0 Å². The molecule has 1 saturated heterocycles. The molecule has 1 aliphatic carbocycles. The highest BCUT2D eigenvalue weighted by atomic mass is 16.4. The Morgan fingerprint density at radius 2 is 1.81 bits per heavy atom. The van der Waals surface area contributed by atoms with E-state index in [0.29, 0.717) is 24.6 Å². The van der Waals surface area contributed by atoms with Crippen LogP contribution in [-0.2, 0) is 11.2 Å². The number of hydrogen-bond donors (Lipinski definition) is 0. The summed E-state index contributed by atoms with van der Waals surface area (Å²) in [5.74, 6) is 2.86. The van der Waals surface area contributed by atoms with Crippen LogP contribution in [0.5, 0.6) is 0 Å². The maximum absolute atomic E-state index is 12.4. The van der Waals surface area contributed by atoms with Crippen molar-refractivity contribution in [2.75, 3.05) is 13.1 Å². The van der Waals surface area contributed by atoms with Gasteiger partial charge >= 0.3 is 0 Å². The lowest BCUT2D eigenvalue weighted by atomic mass is 9.76. The third kappa shape index (κ3) is 3.81. The van der Waals surface area contributed by atoms with Crippen LogP contribution in [0, 0.1) is 18.8 Å². The lowest BCUT2D eigenvalue weighted by Crippen LogP contribution is -2.53. The second kappa shape index (κ2) is 7.60. The van der Waals surface area contributed by atoms with E-state index in [-0.39, 0.29) is 5.91 Å². The van der Waals surface area contributed by atoms with Crippen LogP contribution in [0.2, 0.25) is 0 Å². The van der Waals surface area contributed by atoms with Crippen LogP contribution in [0.25, 0.3) is 11.5 Å². The largest absolute Gasteiger partial charge is 0.421 e. The van der Waals surface area contributed by atoms with Gasteiger partial charge in [-0.1, -0.05) is 49.8 Å². The number of benzene rings is 1. The van der Waals surface area contributed by atoms with Gasteiger partial charge in [0.1, 0.15) is 0 Å². The molecule has 0 spiro atoms. The van der Waals surface area contributed by atoms with E-state index in [0.717, 1.165) is 30.5 Å². The summed E-state index contributed by atoms with van der Waals surface area (Å²) < 4.78 is 5.71. The zero-order valence-electron chi connectivity index (χ0n) is 15.5. The van der Waals surface area contributed by atoms with Crippen molar-refractivity contribution in [2.24, 2.45) is 11.8 Å². The zero-order chi connectivity index (χ0) is 17.9. The predicted octanol–water partition coefficient (Wildman–Crippen LogP) is 4.02. The average Bonchev–Trinajstić information content (AvgIpc) is 3.09. The second-order valence-corrected chi connectivity index (χ2v) is 7.82. The molecule has 2 heterocycles. The van der Waals surface area contributed by atoms with Crippen LogP contribution in [0.3, 0.4) is 0 Å². The number of aryl methyl sites for hydroxylation is 2. The van der Waals surface area contributed by atoms with Gasteiger partial charge in [-0.3, -0.25) is 4.79 Å². The van der Waals surface area contributed by atoms with Crippen LogP contribution in [0.4, 0.5) is 0 Å². The van der Waals surface area contributed by atoms with Gasteiger partial charge in [0.25, 0.3) is 0 Å². The number of hydrogen-bond acceptors (Lipinski definition) is 4. The summed E-state index contributed by atoms with van der Waals surface area (Å²) >= 11 is 0. The van der Waals surface area contributed by atoms with Crippen molar-refractivity contribution in [3.8, 4) is 11.5 Å². The van der Waals surface area contributed by atoms with Gasteiger partial charge in [-0.15, -0.1) is 10.2 Å². The monoisotopic (exact) mass is 353 g/mol. The van der Waals surface area contributed by atoms with Gasteiger partial charge in [0.05, 0.1) is 0 Å². The Morgan fingerprint density at radius 3 is 2.54 bits per heavy atom. The smallest absolute Gasteiger partial charge is 0.247 e. The molecule has 1 aromatic carbocycles. The molecule has 2 fully saturated rings. The van der Waals surface area contributed by atoms with Crippen LogP contribution >= 0.6 is 0 Å². The fourth-order valence-electron chi connectivity index (χ4n) is 4.16. The number of carbonyl (C=O) groups excluding carboxylic acids is 1. The molecule has 5 nitrogen and oxygen atoms in total. The average molecular weight is 353 g/mol. The molecule has 26 heavy (non-hydrogen) atoms. The molecule has 0 N–H and O–H groups in total. The Bertz CT molecular complexity index is 741. The summed E-state index contributed by atoms with van der Waals surface area (Å²) in [5.41, 5.74) is 2.11. The molecule has 0 bridgehead atoms. The van der Waals surface area contributed by atoms with E-state index in [1.54, 1.807) is 0 Å². The minimum Gasteiger partial charge on any atom is -0.421 e. The number of rotatable bonds is 5. The van der Waals surface area contributed by atoms with Gasteiger partial charge in [0.2, 0.25) is 17.7 Å². The summed E-state index contributed by atoms with van der Waals surface area (Å²) in [6, 6.07) is 8.00. The normalized spacial score (nSPS) is 18.7.